The highest BCUT2D eigenvalue weighted by molar-refractivity contribution is 7.17. The number of carbonyl (C=O) groups is 2. The highest BCUT2D eigenvalue weighted by Crippen LogP contribution is 2.48. The van der Waals surface area contributed by atoms with E-state index in [-0.39, 0.29) is 22.6 Å². The van der Waals surface area contributed by atoms with Crippen LogP contribution in [0, 0.1) is 11.3 Å². The van der Waals surface area contributed by atoms with Gasteiger partial charge in [0.2, 0.25) is 5.91 Å². The maximum absolute atomic E-state index is 12.9. The normalized spacial score (nSPS) is 18.8. The molecular weight excluding hydrogens is 332 g/mol. The quantitative estimate of drug-likeness (QED) is 0.811. The minimum Gasteiger partial charge on any atom is -0.352 e. The van der Waals surface area contributed by atoms with Crippen molar-refractivity contribution in [1.82, 2.24) is 5.32 Å². The van der Waals surface area contributed by atoms with Gasteiger partial charge in [-0.05, 0) is 48.0 Å². The van der Waals surface area contributed by atoms with Gasteiger partial charge in [-0.25, -0.2) is 0 Å². The molecule has 2 aliphatic carbocycles. The Hall–Kier alpha value is -1.36. The molecule has 138 valence electrons. The lowest BCUT2D eigenvalue weighted by atomic mass is 9.85. The summed E-state index contributed by atoms with van der Waals surface area (Å²) in [6.07, 6.45) is 4.92. The zero-order valence-corrected chi connectivity index (χ0v) is 16.9. The molecule has 5 heteroatoms. The van der Waals surface area contributed by atoms with Gasteiger partial charge in [-0.2, -0.15) is 0 Å². The second-order valence-corrected chi connectivity index (χ2v) is 10.5. The van der Waals surface area contributed by atoms with Crippen molar-refractivity contribution >= 4 is 28.2 Å². The van der Waals surface area contributed by atoms with Crippen molar-refractivity contribution in [3.8, 4) is 0 Å². The first-order valence-corrected chi connectivity index (χ1v) is 10.1. The molecule has 0 aromatic carbocycles. The third kappa shape index (κ3) is 4.25. The SMILES string of the molecule is CC(C)(C)CC(=O)Nc1sc2c(c1C(=O)NCC1CC1)C(C)(C)CC2. The van der Waals surface area contributed by atoms with Crippen LogP contribution in [0.2, 0.25) is 0 Å². The summed E-state index contributed by atoms with van der Waals surface area (Å²) >= 11 is 1.59. The maximum atomic E-state index is 12.9. The van der Waals surface area contributed by atoms with Crippen molar-refractivity contribution in [2.75, 3.05) is 11.9 Å². The van der Waals surface area contributed by atoms with E-state index in [1.165, 1.54) is 17.7 Å². The number of aryl methyl sites for hydroxylation is 1. The van der Waals surface area contributed by atoms with Crippen LogP contribution in [0.5, 0.6) is 0 Å². The first kappa shape index (κ1) is 18.4. The van der Waals surface area contributed by atoms with E-state index in [9.17, 15) is 9.59 Å². The van der Waals surface area contributed by atoms with Gasteiger partial charge in [-0.15, -0.1) is 11.3 Å². The maximum Gasteiger partial charge on any atom is 0.254 e. The second-order valence-electron chi connectivity index (χ2n) is 9.43. The molecule has 1 heterocycles. The molecule has 0 saturated heterocycles. The number of fused-ring (bicyclic) bond motifs is 1. The summed E-state index contributed by atoms with van der Waals surface area (Å²) < 4.78 is 0. The average Bonchev–Trinajstić information content (AvgIpc) is 3.15. The van der Waals surface area contributed by atoms with E-state index in [0.717, 1.165) is 30.0 Å². The van der Waals surface area contributed by atoms with Gasteiger partial charge in [0.05, 0.1) is 5.56 Å². The van der Waals surface area contributed by atoms with Gasteiger partial charge in [0.1, 0.15) is 5.00 Å². The Labute approximate surface area is 154 Å². The van der Waals surface area contributed by atoms with Crippen LogP contribution in [0.15, 0.2) is 0 Å². The molecule has 0 aliphatic heterocycles. The van der Waals surface area contributed by atoms with Crippen LogP contribution in [0.1, 0.15) is 81.1 Å². The predicted molar refractivity (Wildman–Crippen MR) is 103 cm³/mol. The Bertz CT molecular complexity index is 693. The number of carbonyl (C=O) groups excluding carboxylic acids is 2. The summed E-state index contributed by atoms with van der Waals surface area (Å²) in [5.74, 6) is 0.606. The second kappa shape index (κ2) is 6.42. The van der Waals surface area contributed by atoms with Crippen molar-refractivity contribution in [3.63, 3.8) is 0 Å². The van der Waals surface area contributed by atoms with Crippen LogP contribution in [-0.4, -0.2) is 18.4 Å². The molecule has 3 rings (SSSR count). The van der Waals surface area contributed by atoms with Gasteiger partial charge in [-0.3, -0.25) is 9.59 Å². The monoisotopic (exact) mass is 362 g/mol. The predicted octanol–water partition coefficient (Wildman–Crippen LogP) is 4.49. The molecule has 25 heavy (non-hydrogen) atoms. The summed E-state index contributed by atoms with van der Waals surface area (Å²) in [4.78, 5) is 26.6. The molecule has 0 radical (unpaired) electrons. The van der Waals surface area contributed by atoms with Crippen LogP contribution in [0.4, 0.5) is 5.00 Å². The largest absolute Gasteiger partial charge is 0.352 e. The zero-order valence-electron chi connectivity index (χ0n) is 16.0. The number of thiophene rings is 1. The fourth-order valence-corrected chi connectivity index (χ4v) is 4.92. The molecule has 0 atom stereocenters. The van der Waals surface area contributed by atoms with Crippen LogP contribution < -0.4 is 10.6 Å². The van der Waals surface area contributed by atoms with Gasteiger partial charge in [0, 0.05) is 17.8 Å². The zero-order chi connectivity index (χ0) is 18.4. The van der Waals surface area contributed by atoms with E-state index in [4.69, 9.17) is 0 Å². The summed E-state index contributed by atoms with van der Waals surface area (Å²) in [5.41, 5.74) is 1.78. The minimum atomic E-state index is -0.0717. The molecule has 0 bridgehead atoms. The highest BCUT2D eigenvalue weighted by Gasteiger charge is 2.38. The number of amides is 2. The van der Waals surface area contributed by atoms with Crippen LogP contribution in [0.25, 0.3) is 0 Å². The van der Waals surface area contributed by atoms with Crippen molar-refractivity contribution < 1.29 is 9.59 Å². The van der Waals surface area contributed by atoms with Crippen molar-refractivity contribution in [1.29, 1.82) is 0 Å². The van der Waals surface area contributed by atoms with Crippen molar-refractivity contribution in [3.05, 3.63) is 16.0 Å². The molecule has 2 N–H and O–H groups in total. The smallest absolute Gasteiger partial charge is 0.254 e. The van der Waals surface area contributed by atoms with Crippen molar-refractivity contribution in [2.24, 2.45) is 11.3 Å². The number of nitrogens with one attached hydrogen (secondary N) is 2. The lowest BCUT2D eigenvalue weighted by Gasteiger charge is -2.21. The molecule has 1 aromatic heterocycles. The Kier molecular flexibility index (Phi) is 4.73. The summed E-state index contributed by atoms with van der Waals surface area (Å²) in [6.45, 7) is 11.3. The van der Waals surface area contributed by atoms with E-state index in [1.54, 1.807) is 11.3 Å². The lowest BCUT2D eigenvalue weighted by Crippen LogP contribution is -2.29. The van der Waals surface area contributed by atoms with Gasteiger partial charge >= 0.3 is 0 Å². The van der Waals surface area contributed by atoms with Crippen molar-refractivity contribution in [2.45, 2.75) is 72.1 Å². The van der Waals surface area contributed by atoms with E-state index >= 15 is 0 Å². The first-order valence-electron chi connectivity index (χ1n) is 9.31. The molecule has 0 unspecified atom stereocenters. The Morgan fingerprint density at radius 3 is 2.52 bits per heavy atom. The van der Waals surface area contributed by atoms with Gasteiger partial charge in [0.15, 0.2) is 0 Å². The van der Waals surface area contributed by atoms with E-state index in [2.05, 4.69) is 24.5 Å². The highest BCUT2D eigenvalue weighted by atomic mass is 32.1. The number of hydrogen-bond acceptors (Lipinski definition) is 3. The Morgan fingerprint density at radius 1 is 1.24 bits per heavy atom. The van der Waals surface area contributed by atoms with E-state index in [1.807, 2.05) is 20.8 Å². The molecular formula is C20H30N2O2S. The molecule has 1 aromatic rings. The number of anilines is 1. The molecule has 1 fully saturated rings. The molecule has 2 aliphatic rings. The minimum absolute atomic E-state index is 0.00884. The molecule has 4 nitrogen and oxygen atoms in total. The average molecular weight is 363 g/mol. The standard InChI is InChI=1S/C20H30N2O2S/c1-19(2,3)10-14(23)22-18-15(17(24)21-11-12-6-7-12)16-13(25-18)8-9-20(16,4)5/h12H,6-11H2,1-5H3,(H,21,24)(H,22,23). The Morgan fingerprint density at radius 2 is 1.92 bits per heavy atom. The Balaban J connectivity index is 1.86. The van der Waals surface area contributed by atoms with Crippen LogP contribution in [0.3, 0.4) is 0 Å². The number of rotatable bonds is 5. The number of hydrogen-bond donors (Lipinski definition) is 2. The van der Waals surface area contributed by atoms with Gasteiger partial charge in [0.25, 0.3) is 5.91 Å². The third-order valence-corrected chi connectivity index (χ3v) is 6.22. The lowest BCUT2D eigenvalue weighted by molar-refractivity contribution is -0.117. The van der Waals surface area contributed by atoms with E-state index < -0.39 is 0 Å². The van der Waals surface area contributed by atoms with Gasteiger partial charge in [-0.1, -0.05) is 34.6 Å². The van der Waals surface area contributed by atoms with Gasteiger partial charge < -0.3 is 10.6 Å². The van der Waals surface area contributed by atoms with Crippen LogP contribution >= 0.6 is 11.3 Å². The molecule has 2 amide bonds. The summed E-state index contributed by atoms with van der Waals surface area (Å²) in [5, 5.41) is 6.87. The first-order chi connectivity index (χ1) is 11.6. The topological polar surface area (TPSA) is 58.2 Å². The summed E-state index contributed by atoms with van der Waals surface area (Å²) in [7, 11) is 0. The third-order valence-electron chi connectivity index (χ3n) is 5.05. The fraction of sp³-hybridized carbons (Fsp3) is 0.700. The molecule has 0 spiro atoms. The van der Waals surface area contributed by atoms with E-state index in [0.29, 0.717) is 17.9 Å². The summed E-state index contributed by atoms with van der Waals surface area (Å²) in [6, 6.07) is 0. The fourth-order valence-electron chi connectivity index (χ4n) is 3.53. The van der Waals surface area contributed by atoms with Crippen LogP contribution in [-0.2, 0) is 16.6 Å². The molecule has 1 saturated carbocycles.